The minimum Gasteiger partial charge on any atom is -0.293 e. The fourth-order valence-corrected chi connectivity index (χ4v) is 2.61. The molecular formula is C17H14O2. The molecular weight excluding hydrogens is 236 g/mol. The maximum Gasteiger partial charge on any atom is 0.178 e. The van der Waals surface area contributed by atoms with Crippen LogP contribution in [0, 0.1) is 0 Å². The number of fused-ring (bicyclic) bond motifs is 1. The SMILES string of the molecule is CCc1ccc2c(c1)C(=O)C(c1ccccc1)C2=O. The topological polar surface area (TPSA) is 34.1 Å². The molecule has 0 saturated heterocycles. The molecule has 0 bridgehead atoms. The van der Waals surface area contributed by atoms with Crippen LogP contribution in [0.2, 0.25) is 0 Å². The van der Waals surface area contributed by atoms with Gasteiger partial charge in [-0.1, -0.05) is 49.4 Å². The van der Waals surface area contributed by atoms with E-state index in [9.17, 15) is 9.59 Å². The summed E-state index contributed by atoms with van der Waals surface area (Å²) in [6, 6.07) is 14.9. The molecule has 3 rings (SSSR count). The Labute approximate surface area is 112 Å². The van der Waals surface area contributed by atoms with Crippen LogP contribution in [-0.2, 0) is 6.42 Å². The Hall–Kier alpha value is -2.22. The molecule has 0 aromatic heterocycles. The minimum atomic E-state index is -0.650. The van der Waals surface area contributed by atoms with E-state index >= 15 is 0 Å². The summed E-state index contributed by atoms with van der Waals surface area (Å²) in [7, 11) is 0. The highest BCUT2D eigenvalue weighted by Crippen LogP contribution is 2.34. The van der Waals surface area contributed by atoms with E-state index in [2.05, 4.69) is 0 Å². The van der Waals surface area contributed by atoms with Gasteiger partial charge in [-0.2, -0.15) is 0 Å². The Balaban J connectivity index is 2.10. The Morgan fingerprint density at radius 3 is 2.26 bits per heavy atom. The van der Waals surface area contributed by atoms with E-state index in [4.69, 9.17) is 0 Å². The zero-order valence-corrected chi connectivity index (χ0v) is 10.7. The smallest absolute Gasteiger partial charge is 0.178 e. The molecule has 1 aliphatic carbocycles. The van der Waals surface area contributed by atoms with E-state index in [1.165, 1.54) is 0 Å². The van der Waals surface area contributed by atoms with Gasteiger partial charge in [0.2, 0.25) is 0 Å². The molecule has 0 amide bonds. The van der Waals surface area contributed by atoms with Crippen molar-refractivity contribution in [2.24, 2.45) is 0 Å². The fraction of sp³-hybridized carbons (Fsp3) is 0.176. The van der Waals surface area contributed by atoms with Crippen molar-refractivity contribution in [1.82, 2.24) is 0 Å². The lowest BCUT2D eigenvalue weighted by Crippen LogP contribution is -2.12. The summed E-state index contributed by atoms with van der Waals surface area (Å²) in [4.78, 5) is 24.8. The van der Waals surface area contributed by atoms with Gasteiger partial charge in [0.05, 0.1) is 0 Å². The lowest BCUT2D eigenvalue weighted by atomic mass is 9.94. The molecule has 0 spiro atoms. The Kier molecular flexibility index (Phi) is 2.79. The quantitative estimate of drug-likeness (QED) is 0.765. The number of carbonyl (C=O) groups is 2. The lowest BCUT2D eigenvalue weighted by molar-refractivity contribution is 0.0890. The molecule has 94 valence electrons. The van der Waals surface area contributed by atoms with Crippen LogP contribution in [0.1, 0.15) is 44.7 Å². The summed E-state index contributed by atoms with van der Waals surface area (Å²) in [6.45, 7) is 2.04. The van der Waals surface area contributed by atoms with Crippen LogP contribution < -0.4 is 0 Å². The van der Waals surface area contributed by atoms with Crippen LogP contribution in [0.25, 0.3) is 0 Å². The molecule has 0 heterocycles. The number of carbonyl (C=O) groups excluding carboxylic acids is 2. The average molecular weight is 250 g/mol. The van der Waals surface area contributed by atoms with E-state index in [1.54, 1.807) is 6.07 Å². The van der Waals surface area contributed by atoms with Crippen molar-refractivity contribution in [3.8, 4) is 0 Å². The van der Waals surface area contributed by atoms with Crippen LogP contribution in [0.4, 0.5) is 0 Å². The lowest BCUT2D eigenvalue weighted by Gasteiger charge is -2.06. The van der Waals surface area contributed by atoms with E-state index in [1.807, 2.05) is 49.4 Å². The molecule has 2 aromatic rings. The molecule has 0 N–H and O–H groups in total. The van der Waals surface area contributed by atoms with Crippen molar-refractivity contribution < 1.29 is 9.59 Å². The third-order valence-electron chi connectivity index (χ3n) is 3.68. The first-order valence-electron chi connectivity index (χ1n) is 6.48. The van der Waals surface area contributed by atoms with Gasteiger partial charge in [-0.25, -0.2) is 0 Å². The first-order chi connectivity index (χ1) is 9.22. The summed E-state index contributed by atoms with van der Waals surface area (Å²) in [5.41, 5.74) is 3.02. The fourth-order valence-electron chi connectivity index (χ4n) is 2.61. The van der Waals surface area contributed by atoms with Gasteiger partial charge in [0.15, 0.2) is 11.6 Å². The summed E-state index contributed by atoms with van der Waals surface area (Å²) < 4.78 is 0. The molecule has 2 heteroatoms. The zero-order valence-electron chi connectivity index (χ0n) is 10.7. The average Bonchev–Trinajstić information content (AvgIpc) is 2.71. The number of ketones is 2. The van der Waals surface area contributed by atoms with E-state index in [0.29, 0.717) is 11.1 Å². The standard InChI is InChI=1S/C17H14O2/c1-2-11-8-9-13-14(10-11)17(19)15(16(13)18)12-6-4-3-5-7-12/h3-10,15H,2H2,1H3. The van der Waals surface area contributed by atoms with Crippen LogP contribution in [0.15, 0.2) is 48.5 Å². The Morgan fingerprint density at radius 2 is 1.58 bits per heavy atom. The second-order valence-corrected chi connectivity index (χ2v) is 4.81. The molecule has 1 unspecified atom stereocenters. The second-order valence-electron chi connectivity index (χ2n) is 4.81. The van der Waals surface area contributed by atoms with Gasteiger partial charge in [0.25, 0.3) is 0 Å². The predicted molar refractivity (Wildman–Crippen MR) is 73.7 cm³/mol. The minimum absolute atomic E-state index is 0.0681. The van der Waals surface area contributed by atoms with Crippen molar-refractivity contribution in [2.45, 2.75) is 19.3 Å². The van der Waals surface area contributed by atoms with Crippen LogP contribution in [0.3, 0.4) is 0 Å². The van der Waals surface area contributed by atoms with Gasteiger partial charge in [-0.15, -0.1) is 0 Å². The maximum absolute atomic E-state index is 12.5. The Bertz CT molecular complexity index is 656. The first-order valence-corrected chi connectivity index (χ1v) is 6.48. The van der Waals surface area contributed by atoms with Gasteiger partial charge in [0.1, 0.15) is 5.92 Å². The molecule has 0 aliphatic heterocycles. The largest absolute Gasteiger partial charge is 0.293 e. The number of rotatable bonds is 2. The molecule has 2 nitrogen and oxygen atoms in total. The van der Waals surface area contributed by atoms with Crippen molar-refractivity contribution in [3.63, 3.8) is 0 Å². The number of hydrogen-bond donors (Lipinski definition) is 0. The maximum atomic E-state index is 12.5. The van der Waals surface area contributed by atoms with E-state index < -0.39 is 5.92 Å². The van der Waals surface area contributed by atoms with Crippen molar-refractivity contribution in [2.75, 3.05) is 0 Å². The first kappa shape index (κ1) is 11.8. The van der Waals surface area contributed by atoms with E-state index in [-0.39, 0.29) is 11.6 Å². The Morgan fingerprint density at radius 1 is 0.895 bits per heavy atom. The molecule has 2 aromatic carbocycles. The summed E-state index contributed by atoms with van der Waals surface area (Å²) in [6.07, 6.45) is 0.866. The summed E-state index contributed by atoms with van der Waals surface area (Å²) >= 11 is 0. The molecule has 0 saturated carbocycles. The van der Waals surface area contributed by atoms with Crippen molar-refractivity contribution in [1.29, 1.82) is 0 Å². The van der Waals surface area contributed by atoms with Gasteiger partial charge >= 0.3 is 0 Å². The number of hydrogen-bond acceptors (Lipinski definition) is 2. The van der Waals surface area contributed by atoms with Crippen LogP contribution in [-0.4, -0.2) is 11.6 Å². The highest BCUT2D eigenvalue weighted by molar-refractivity contribution is 6.29. The number of benzene rings is 2. The third kappa shape index (κ3) is 1.80. The highest BCUT2D eigenvalue weighted by Gasteiger charge is 2.39. The van der Waals surface area contributed by atoms with Gasteiger partial charge in [-0.3, -0.25) is 9.59 Å². The predicted octanol–water partition coefficient (Wildman–Crippen LogP) is 3.41. The monoisotopic (exact) mass is 250 g/mol. The molecule has 0 radical (unpaired) electrons. The normalized spacial score (nSPS) is 17.6. The molecule has 19 heavy (non-hydrogen) atoms. The zero-order chi connectivity index (χ0) is 13.4. The third-order valence-corrected chi connectivity index (χ3v) is 3.68. The van der Waals surface area contributed by atoms with Crippen molar-refractivity contribution >= 4 is 11.6 Å². The highest BCUT2D eigenvalue weighted by atomic mass is 16.2. The molecule has 1 aliphatic rings. The molecule has 1 atom stereocenters. The van der Waals surface area contributed by atoms with E-state index in [0.717, 1.165) is 17.5 Å². The number of Topliss-reactive ketones (excluding diaryl/α,β-unsaturated/α-hetero) is 2. The van der Waals surface area contributed by atoms with Crippen molar-refractivity contribution in [3.05, 3.63) is 70.8 Å². The summed E-state index contributed by atoms with van der Waals surface area (Å²) in [5, 5.41) is 0. The van der Waals surface area contributed by atoms with Gasteiger partial charge < -0.3 is 0 Å². The molecule has 0 fully saturated rings. The van der Waals surface area contributed by atoms with Crippen LogP contribution >= 0.6 is 0 Å². The summed E-state index contributed by atoms with van der Waals surface area (Å²) in [5.74, 6) is -0.793. The van der Waals surface area contributed by atoms with Crippen LogP contribution in [0.5, 0.6) is 0 Å². The number of aryl methyl sites for hydroxylation is 1. The van der Waals surface area contributed by atoms with Gasteiger partial charge in [-0.05, 0) is 23.6 Å². The second kappa shape index (κ2) is 4.47. The van der Waals surface area contributed by atoms with Gasteiger partial charge in [0, 0.05) is 11.1 Å².